The second-order valence-electron chi connectivity index (χ2n) is 6.14. The van der Waals surface area contributed by atoms with Gasteiger partial charge in [-0.2, -0.15) is 0 Å². The predicted octanol–water partition coefficient (Wildman–Crippen LogP) is 2.79. The zero-order chi connectivity index (χ0) is 19.4. The highest BCUT2D eigenvalue weighted by atomic mass is 32.2. The minimum absolute atomic E-state index is 0.00628. The van der Waals surface area contributed by atoms with Gasteiger partial charge < -0.3 is 14.8 Å². The minimum Gasteiger partial charge on any atom is -0.495 e. The number of benzene rings is 2. The molecule has 0 saturated heterocycles. The fraction of sp³-hybridized carbons (Fsp3) is 0.316. The zero-order valence-corrected chi connectivity index (χ0v) is 16.0. The smallest absolute Gasteiger partial charge is 0.259 e. The Bertz CT molecular complexity index is 939. The third-order valence-electron chi connectivity index (χ3n) is 4.06. The lowest BCUT2D eigenvalue weighted by Gasteiger charge is -2.14. The van der Waals surface area contributed by atoms with Gasteiger partial charge in [0.05, 0.1) is 29.9 Å². The number of para-hydroxylation sites is 1. The van der Waals surface area contributed by atoms with Gasteiger partial charge in [-0.3, -0.25) is 4.79 Å². The van der Waals surface area contributed by atoms with Crippen LogP contribution in [0.5, 0.6) is 11.5 Å². The summed E-state index contributed by atoms with van der Waals surface area (Å²) in [6.45, 7) is 2.26. The molecule has 1 aliphatic rings. The maximum absolute atomic E-state index is 12.7. The van der Waals surface area contributed by atoms with Crippen molar-refractivity contribution in [2.45, 2.75) is 30.7 Å². The second-order valence-corrected chi connectivity index (χ2v) is 7.85. The molecule has 7 nitrogen and oxygen atoms in total. The molecule has 1 saturated carbocycles. The summed E-state index contributed by atoms with van der Waals surface area (Å²) in [7, 11) is -2.19. The highest BCUT2D eigenvalue weighted by molar-refractivity contribution is 7.89. The van der Waals surface area contributed by atoms with E-state index in [-0.39, 0.29) is 16.6 Å². The molecule has 0 spiro atoms. The number of hydrogen-bond donors (Lipinski definition) is 2. The van der Waals surface area contributed by atoms with Gasteiger partial charge in [-0.15, -0.1) is 0 Å². The van der Waals surface area contributed by atoms with Crippen LogP contribution in [-0.2, 0) is 10.0 Å². The van der Waals surface area contributed by atoms with Crippen LogP contribution in [0.25, 0.3) is 0 Å². The average molecular weight is 390 g/mol. The van der Waals surface area contributed by atoms with Crippen molar-refractivity contribution in [1.82, 2.24) is 4.72 Å². The van der Waals surface area contributed by atoms with E-state index >= 15 is 0 Å². The maximum atomic E-state index is 12.7. The monoisotopic (exact) mass is 390 g/mol. The van der Waals surface area contributed by atoms with Crippen LogP contribution in [-0.4, -0.2) is 34.1 Å². The summed E-state index contributed by atoms with van der Waals surface area (Å²) in [5.41, 5.74) is 0.623. The van der Waals surface area contributed by atoms with E-state index in [4.69, 9.17) is 9.47 Å². The topological polar surface area (TPSA) is 93.7 Å². The maximum Gasteiger partial charge on any atom is 0.259 e. The number of methoxy groups -OCH3 is 1. The fourth-order valence-electron chi connectivity index (χ4n) is 2.57. The Morgan fingerprint density at radius 2 is 1.89 bits per heavy atom. The molecule has 2 aromatic carbocycles. The van der Waals surface area contributed by atoms with E-state index in [0.717, 1.165) is 12.8 Å². The molecule has 1 amide bonds. The normalized spacial score (nSPS) is 13.9. The molecule has 1 fully saturated rings. The largest absolute Gasteiger partial charge is 0.495 e. The van der Waals surface area contributed by atoms with E-state index in [2.05, 4.69) is 10.0 Å². The summed E-state index contributed by atoms with van der Waals surface area (Å²) in [6, 6.07) is 11.2. The van der Waals surface area contributed by atoms with E-state index in [9.17, 15) is 13.2 Å². The zero-order valence-electron chi connectivity index (χ0n) is 15.2. The van der Waals surface area contributed by atoms with Crippen molar-refractivity contribution in [2.24, 2.45) is 0 Å². The molecule has 8 heteroatoms. The van der Waals surface area contributed by atoms with E-state index in [1.165, 1.54) is 25.3 Å². The van der Waals surface area contributed by atoms with Crippen molar-refractivity contribution in [3.05, 3.63) is 48.0 Å². The molecule has 27 heavy (non-hydrogen) atoms. The highest BCUT2D eigenvalue weighted by Gasteiger charge is 2.28. The van der Waals surface area contributed by atoms with Crippen LogP contribution in [0.2, 0.25) is 0 Å². The second kappa shape index (κ2) is 7.98. The molecular weight excluding hydrogens is 368 g/mol. The molecule has 0 atom stereocenters. The lowest BCUT2D eigenvalue weighted by atomic mass is 10.1. The van der Waals surface area contributed by atoms with Gasteiger partial charge in [0, 0.05) is 6.04 Å². The van der Waals surface area contributed by atoms with Crippen LogP contribution in [0.15, 0.2) is 47.4 Å². The number of hydrogen-bond acceptors (Lipinski definition) is 5. The van der Waals surface area contributed by atoms with E-state index < -0.39 is 15.9 Å². The summed E-state index contributed by atoms with van der Waals surface area (Å²) in [5.74, 6) is 0.403. The van der Waals surface area contributed by atoms with Crippen LogP contribution in [0.4, 0.5) is 5.69 Å². The van der Waals surface area contributed by atoms with Crippen molar-refractivity contribution < 1.29 is 22.7 Å². The molecule has 0 aliphatic heterocycles. The quantitative estimate of drug-likeness (QED) is 0.723. The van der Waals surface area contributed by atoms with Crippen LogP contribution in [0, 0.1) is 0 Å². The van der Waals surface area contributed by atoms with Gasteiger partial charge in [0.1, 0.15) is 11.5 Å². The van der Waals surface area contributed by atoms with E-state index in [1.54, 1.807) is 24.3 Å². The standard InChI is InChI=1S/C19H22N2O5S/c1-3-26-17-7-5-4-6-15(17)19(22)20-16-12-14(10-11-18(16)25-2)27(23,24)21-13-8-9-13/h4-7,10-13,21H,3,8-9H2,1-2H3,(H,20,22). The van der Waals surface area contributed by atoms with Gasteiger partial charge in [0.15, 0.2) is 0 Å². The van der Waals surface area contributed by atoms with Gasteiger partial charge in [0.2, 0.25) is 10.0 Å². The highest BCUT2D eigenvalue weighted by Crippen LogP contribution is 2.30. The van der Waals surface area contributed by atoms with Gasteiger partial charge in [-0.25, -0.2) is 13.1 Å². The third-order valence-corrected chi connectivity index (χ3v) is 5.58. The van der Waals surface area contributed by atoms with Crippen molar-refractivity contribution >= 4 is 21.6 Å². The predicted molar refractivity (Wildman–Crippen MR) is 102 cm³/mol. The Morgan fingerprint density at radius 1 is 1.15 bits per heavy atom. The van der Waals surface area contributed by atoms with Crippen molar-refractivity contribution in [3.63, 3.8) is 0 Å². The fourth-order valence-corrected chi connectivity index (χ4v) is 3.90. The lowest BCUT2D eigenvalue weighted by Crippen LogP contribution is -2.26. The summed E-state index contributed by atoms with van der Waals surface area (Å²) < 4.78 is 38.3. The number of rotatable bonds is 8. The summed E-state index contributed by atoms with van der Waals surface area (Å²) in [4.78, 5) is 12.8. The molecule has 2 aromatic rings. The Kier molecular flexibility index (Phi) is 5.67. The van der Waals surface area contributed by atoms with Crippen molar-refractivity contribution in [3.8, 4) is 11.5 Å². The molecule has 0 aromatic heterocycles. The molecule has 0 heterocycles. The van der Waals surface area contributed by atoms with Crippen molar-refractivity contribution in [2.75, 3.05) is 19.0 Å². The first-order valence-corrected chi connectivity index (χ1v) is 10.2. The third kappa shape index (κ3) is 4.58. The molecule has 2 N–H and O–H groups in total. The molecule has 1 aliphatic carbocycles. The average Bonchev–Trinajstić information content (AvgIpc) is 3.45. The van der Waals surface area contributed by atoms with Gasteiger partial charge >= 0.3 is 0 Å². The van der Waals surface area contributed by atoms with E-state index in [1.807, 2.05) is 6.92 Å². The first-order valence-electron chi connectivity index (χ1n) is 8.68. The van der Waals surface area contributed by atoms with E-state index in [0.29, 0.717) is 23.7 Å². The number of sulfonamides is 1. The minimum atomic E-state index is -3.64. The summed E-state index contributed by atoms with van der Waals surface area (Å²) in [6.07, 6.45) is 1.68. The Labute approximate surface area is 158 Å². The van der Waals surface area contributed by atoms with Crippen molar-refractivity contribution in [1.29, 1.82) is 0 Å². The van der Waals surface area contributed by atoms with Gasteiger partial charge in [-0.05, 0) is 50.1 Å². The number of amides is 1. The number of ether oxygens (including phenoxy) is 2. The SMILES string of the molecule is CCOc1ccccc1C(=O)Nc1cc(S(=O)(=O)NC2CC2)ccc1OC. The molecule has 0 radical (unpaired) electrons. The Morgan fingerprint density at radius 3 is 2.56 bits per heavy atom. The van der Waals surface area contributed by atoms with Gasteiger partial charge in [-0.1, -0.05) is 12.1 Å². The Hall–Kier alpha value is -2.58. The first-order chi connectivity index (χ1) is 12.9. The number of carbonyl (C=O) groups excluding carboxylic acids is 1. The molecule has 0 bridgehead atoms. The first kappa shape index (κ1) is 19.2. The van der Waals surface area contributed by atoms with Crippen LogP contribution < -0.4 is 19.5 Å². The van der Waals surface area contributed by atoms with Crippen LogP contribution in [0.3, 0.4) is 0 Å². The number of nitrogens with one attached hydrogen (secondary N) is 2. The Balaban J connectivity index is 1.89. The van der Waals surface area contributed by atoms with Gasteiger partial charge in [0.25, 0.3) is 5.91 Å². The molecule has 0 unspecified atom stereocenters. The molecular formula is C19H22N2O5S. The lowest BCUT2D eigenvalue weighted by molar-refractivity contribution is 0.102. The molecule has 3 rings (SSSR count). The summed E-state index contributed by atoms with van der Waals surface area (Å²) >= 11 is 0. The summed E-state index contributed by atoms with van der Waals surface area (Å²) in [5, 5.41) is 2.72. The number of carbonyl (C=O) groups is 1. The number of anilines is 1. The molecule has 144 valence electrons. The van der Waals surface area contributed by atoms with Crippen LogP contribution in [0.1, 0.15) is 30.1 Å². The van der Waals surface area contributed by atoms with Crippen LogP contribution >= 0.6 is 0 Å².